The fourth-order valence-electron chi connectivity index (χ4n) is 3.02. The zero-order chi connectivity index (χ0) is 19.6. The molecular weight excluding hydrogens is 350 g/mol. The van der Waals surface area contributed by atoms with E-state index in [1.54, 1.807) is 20.0 Å². The summed E-state index contributed by atoms with van der Waals surface area (Å²) in [6, 6.07) is 3.13. The molecule has 3 heterocycles. The third kappa shape index (κ3) is 4.08. The van der Waals surface area contributed by atoms with Crippen molar-refractivity contribution in [2.75, 3.05) is 31.2 Å². The number of H-pyrrole nitrogens is 1. The van der Waals surface area contributed by atoms with Gasteiger partial charge in [0.1, 0.15) is 5.56 Å². The minimum absolute atomic E-state index is 0.0521. The number of carbonyl (C=O) groups excluding carboxylic acids is 1. The van der Waals surface area contributed by atoms with Gasteiger partial charge in [0.15, 0.2) is 0 Å². The number of anilines is 1. The Hall–Kier alpha value is -2.94. The van der Waals surface area contributed by atoms with Crippen LogP contribution in [0.25, 0.3) is 0 Å². The van der Waals surface area contributed by atoms with Crippen LogP contribution in [0.2, 0.25) is 0 Å². The van der Waals surface area contributed by atoms with Gasteiger partial charge in [0.05, 0.1) is 25.5 Å². The molecule has 144 valence electrons. The topological polar surface area (TPSA) is 109 Å². The molecule has 2 aromatic heterocycles. The van der Waals surface area contributed by atoms with E-state index in [4.69, 9.17) is 4.74 Å². The Balaban J connectivity index is 1.78. The average Bonchev–Trinajstić information content (AvgIpc) is 2.65. The fourth-order valence-corrected chi connectivity index (χ4v) is 3.02. The third-order valence-electron chi connectivity index (χ3n) is 4.62. The van der Waals surface area contributed by atoms with Crippen LogP contribution in [-0.4, -0.2) is 46.7 Å². The van der Waals surface area contributed by atoms with Crippen molar-refractivity contribution in [2.24, 2.45) is 7.05 Å². The first-order valence-corrected chi connectivity index (χ1v) is 8.75. The molecule has 0 aromatic carbocycles. The van der Waals surface area contributed by atoms with Crippen LogP contribution in [0.1, 0.15) is 27.3 Å². The zero-order valence-electron chi connectivity index (χ0n) is 15.7. The molecule has 2 aromatic rings. The molecule has 9 heteroatoms. The van der Waals surface area contributed by atoms with E-state index in [2.05, 4.69) is 15.3 Å². The maximum Gasteiger partial charge on any atom is 0.263 e. The van der Waals surface area contributed by atoms with Crippen molar-refractivity contribution in [3.63, 3.8) is 0 Å². The van der Waals surface area contributed by atoms with Crippen molar-refractivity contribution in [3.05, 3.63) is 55.4 Å². The second-order valence-electron chi connectivity index (χ2n) is 6.55. The highest BCUT2D eigenvalue weighted by Crippen LogP contribution is 2.09. The van der Waals surface area contributed by atoms with E-state index in [9.17, 15) is 14.4 Å². The predicted octanol–water partition coefficient (Wildman–Crippen LogP) is -0.148. The highest BCUT2D eigenvalue weighted by molar-refractivity contribution is 5.95. The Bertz CT molecular complexity index is 973. The summed E-state index contributed by atoms with van der Waals surface area (Å²) in [4.78, 5) is 45.9. The SMILES string of the molecule is Cc1cc(C)n(C)c(=O)c1C(=O)NCc1cc(=O)[nH]c(N2CCOCC2)n1. The van der Waals surface area contributed by atoms with Gasteiger partial charge in [0.2, 0.25) is 5.95 Å². The number of aromatic amines is 1. The number of morpholine rings is 1. The Morgan fingerprint density at radius 1 is 1.26 bits per heavy atom. The van der Waals surface area contributed by atoms with Crippen LogP contribution in [0.5, 0.6) is 0 Å². The standard InChI is InChI=1S/C18H23N5O4/c1-11-8-12(2)22(3)17(26)15(11)16(25)19-10-13-9-14(24)21-18(20-13)23-4-6-27-7-5-23/h8-9H,4-7,10H2,1-3H3,(H,19,25)(H,20,21,24). The predicted molar refractivity (Wildman–Crippen MR) is 100 cm³/mol. The second-order valence-corrected chi connectivity index (χ2v) is 6.55. The minimum Gasteiger partial charge on any atom is -0.378 e. The van der Waals surface area contributed by atoms with E-state index >= 15 is 0 Å². The molecule has 0 radical (unpaired) electrons. The largest absolute Gasteiger partial charge is 0.378 e. The summed E-state index contributed by atoms with van der Waals surface area (Å²) >= 11 is 0. The number of aromatic nitrogens is 3. The third-order valence-corrected chi connectivity index (χ3v) is 4.62. The van der Waals surface area contributed by atoms with E-state index < -0.39 is 5.91 Å². The first-order valence-electron chi connectivity index (χ1n) is 8.75. The van der Waals surface area contributed by atoms with Crippen molar-refractivity contribution in [2.45, 2.75) is 20.4 Å². The van der Waals surface area contributed by atoms with Crippen molar-refractivity contribution in [1.29, 1.82) is 0 Å². The molecule has 0 atom stereocenters. The van der Waals surface area contributed by atoms with E-state index in [1.807, 2.05) is 11.8 Å². The van der Waals surface area contributed by atoms with Gasteiger partial charge in [-0.1, -0.05) is 0 Å². The summed E-state index contributed by atoms with van der Waals surface area (Å²) in [6.45, 7) is 6.00. The molecule has 0 bridgehead atoms. The maximum absolute atomic E-state index is 12.5. The molecule has 1 aliphatic heterocycles. The number of nitrogens with zero attached hydrogens (tertiary/aromatic N) is 3. The highest BCUT2D eigenvalue weighted by Gasteiger charge is 2.17. The van der Waals surface area contributed by atoms with Gasteiger partial charge in [-0.25, -0.2) is 4.98 Å². The lowest BCUT2D eigenvalue weighted by Crippen LogP contribution is -2.38. The Kier molecular flexibility index (Phi) is 5.41. The van der Waals surface area contributed by atoms with Crippen LogP contribution in [-0.2, 0) is 18.3 Å². The number of nitrogens with one attached hydrogen (secondary N) is 2. The van der Waals surface area contributed by atoms with Crippen LogP contribution in [0.3, 0.4) is 0 Å². The summed E-state index contributed by atoms with van der Waals surface area (Å²) in [5.41, 5.74) is 1.27. The van der Waals surface area contributed by atoms with Crippen LogP contribution in [0, 0.1) is 13.8 Å². The van der Waals surface area contributed by atoms with E-state index in [0.717, 1.165) is 5.69 Å². The van der Waals surface area contributed by atoms with E-state index in [1.165, 1.54) is 10.6 Å². The Morgan fingerprint density at radius 3 is 2.67 bits per heavy atom. The lowest BCUT2D eigenvalue weighted by atomic mass is 10.1. The summed E-state index contributed by atoms with van der Waals surface area (Å²) in [5, 5.41) is 2.69. The van der Waals surface area contributed by atoms with Gasteiger partial charge >= 0.3 is 0 Å². The van der Waals surface area contributed by atoms with Gasteiger partial charge in [-0.05, 0) is 25.5 Å². The molecule has 1 fully saturated rings. The van der Waals surface area contributed by atoms with E-state index in [0.29, 0.717) is 43.5 Å². The lowest BCUT2D eigenvalue weighted by molar-refractivity contribution is 0.0947. The van der Waals surface area contributed by atoms with Crippen molar-refractivity contribution < 1.29 is 9.53 Å². The van der Waals surface area contributed by atoms with Crippen LogP contribution < -0.4 is 21.3 Å². The summed E-state index contributed by atoms with van der Waals surface area (Å²) in [7, 11) is 1.63. The first kappa shape index (κ1) is 18.8. The number of amides is 1. The molecule has 1 saturated heterocycles. The number of hydrogen-bond acceptors (Lipinski definition) is 6. The molecule has 0 saturated carbocycles. The van der Waals surface area contributed by atoms with Gasteiger partial charge in [-0.3, -0.25) is 19.4 Å². The lowest BCUT2D eigenvalue weighted by Gasteiger charge is -2.27. The van der Waals surface area contributed by atoms with Crippen LogP contribution in [0.4, 0.5) is 5.95 Å². The number of rotatable bonds is 4. The molecule has 9 nitrogen and oxygen atoms in total. The Morgan fingerprint density at radius 2 is 1.96 bits per heavy atom. The molecule has 3 rings (SSSR count). The van der Waals surface area contributed by atoms with Crippen LogP contribution >= 0.6 is 0 Å². The number of hydrogen-bond donors (Lipinski definition) is 2. The molecule has 2 N–H and O–H groups in total. The van der Waals surface area contributed by atoms with E-state index in [-0.39, 0.29) is 23.2 Å². The van der Waals surface area contributed by atoms with Crippen molar-refractivity contribution >= 4 is 11.9 Å². The second kappa shape index (κ2) is 7.75. The number of carbonyl (C=O) groups is 1. The Labute approximate surface area is 156 Å². The normalized spacial score (nSPS) is 14.3. The van der Waals surface area contributed by atoms with Crippen molar-refractivity contribution in [3.8, 4) is 0 Å². The molecule has 1 aliphatic rings. The molecule has 0 unspecified atom stereocenters. The number of pyridine rings is 1. The molecule has 1 amide bonds. The monoisotopic (exact) mass is 373 g/mol. The van der Waals surface area contributed by atoms with Gasteiger partial charge in [0, 0.05) is 31.9 Å². The highest BCUT2D eigenvalue weighted by atomic mass is 16.5. The van der Waals surface area contributed by atoms with Crippen molar-refractivity contribution in [1.82, 2.24) is 19.9 Å². The van der Waals surface area contributed by atoms with Gasteiger partial charge < -0.3 is 19.5 Å². The molecule has 27 heavy (non-hydrogen) atoms. The summed E-state index contributed by atoms with van der Waals surface area (Å²) in [5.74, 6) is -0.0272. The molecule has 0 aliphatic carbocycles. The first-order chi connectivity index (χ1) is 12.9. The quantitative estimate of drug-likeness (QED) is 0.772. The van der Waals surface area contributed by atoms with Crippen LogP contribution in [0.15, 0.2) is 21.7 Å². The number of ether oxygens (including phenoxy) is 1. The fraction of sp³-hybridized carbons (Fsp3) is 0.444. The molecule has 0 spiro atoms. The zero-order valence-corrected chi connectivity index (χ0v) is 15.7. The average molecular weight is 373 g/mol. The minimum atomic E-state index is -0.483. The smallest absolute Gasteiger partial charge is 0.263 e. The van der Waals surface area contributed by atoms with Gasteiger partial charge in [-0.2, -0.15) is 0 Å². The molecular formula is C18H23N5O4. The van der Waals surface area contributed by atoms with Gasteiger partial charge in [0.25, 0.3) is 17.0 Å². The van der Waals surface area contributed by atoms with Gasteiger partial charge in [-0.15, -0.1) is 0 Å². The summed E-state index contributed by atoms with van der Waals surface area (Å²) < 4.78 is 6.73. The maximum atomic E-state index is 12.5. The summed E-state index contributed by atoms with van der Waals surface area (Å²) in [6.07, 6.45) is 0. The number of aryl methyl sites for hydroxylation is 2.